The van der Waals surface area contributed by atoms with Crippen LogP contribution in [-0.2, 0) is 25.5 Å². The molecular formula is C20H17FN2O6. The van der Waals surface area contributed by atoms with Gasteiger partial charge in [-0.05, 0) is 47.9 Å². The maximum absolute atomic E-state index is 14.3. The summed E-state index contributed by atoms with van der Waals surface area (Å²) in [6.45, 7) is 0. The van der Waals surface area contributed by atoms with Crippen LogP contribution in [0, 0.1) is 5.82 Å². The minimum absolute atomic E-state index is 0.00408. The monoisotopic (exact) mass is 400 g/mol. The fourth-order valence-corrected chi connectivity index (χ4v) is 2.57. The van der Waals surface area contributed by atoms with E-state index in [0.717, 1.165) is 0 Å². The van der Waals surface area contributed by atoms with Crippen LogP contribution in [0.25, 0.3) is 6.08 Å². The molecule has 0 bridgehead atoms. The van der Waals surface area contributed by atoms with Crippen molar-refractivity contribution in [2.45, 2.75) is 12.5 Å². The molecular weight excluding hydrogens is 383 g/mol. The zero-order valence-electron chi connectivity index (χ0n) is 15.3. The highest BCUT2D eigenvalue weighted by Crippen LogP contribution is 2.26. The van der Waals surface area contributed by atoms with Crippen molar-refractivity contribution in [2.75, 3.05) is 7.11 Å². The molecule has 0 aliphatic carbocycles. The zero-order valence-corrected chi connectivity index (χ0v) is 15.3. The molecule has 1 fully saturated rings. The van der Waals surface area contributed by atoms with E-state index in [1.807, 2.05) is 5.32 Å². The first-order chi connectivity index (χ1) is 13.9. The lowest BCUT2D eigenvalue weighted by Crippen LogP contribution is -2.33. The predicted molar refractivity (Wildman–Crippen MR) is 99.2 cm³/mol. The number of carbonyl (C=O) groups is 3. The highest BCUT2D eigenvalue weighted by Gasteiger charge is 2.25. The summed E-state index contributed by atoms with van der Waals surface area (Å²) < 4.78 is 29.1. The molecule has 1 aliphatic rings. The summed E-state index contributed by atoms with van der Waals surface area (Å²) in [7, 11) is 1.23. The predicted octanol–water partition coefficient (Wildman–Crippen LogP) is 2.27. The van der Waals surface area contributed by atoms with Gasteiger partial charge in [0.2, 0.25) is 0 Å². The topological polar surface area (TPSA) is 117 Å². The Kier molecular flexibility index (Phi) is 5.89. The summed E-state index contributed by atoms with van der Waals surface area (Å²) in [6.07, 6.45) is 0.697. The fourth-order valence-electron chi connectivity index (χ4n) is 2.57. The standard InChI is InChI=1S/C20H17FN2O6/c1-27-19(25)15(22)9-12-4-7-16(14(21)8-12)28-13-5-2-11(3-6-13)10-17-18(24)23-20(26)29-17/h2-8,10,15H,9,22H2,1H3,(H,23,24,26)/b17-10-. The van der Waals surface area contributed by atoms with Crippen LogP contribution in [0.3, 0.4) is 0 Å². The third kappa shape index (κ3) is 4.96. The number of methoxy groups -OCH3 is 1. The minimum Gasteiger partial charge on any atom is -0.468 e. The molecule has 2 aromatic carbocycles. The highest BCUT2D eigenvalue weighted by molar-refractivity contribution is 6.09. The molecule has 9 heteroatoms. The molecule has 1 aliphatic heterocycles. The Balaban J connectivity index is 1.67. The van der Waals surface area contributed by atoms with Gasteiger partial charge in [-0.3, -0.25) is 14.9 Å². The van der Waals surface area contributed by atoms with Crippen LogP contribution in [0.5, 0.6) is 11.5 Å². The van der Waals surface area contributed by atoms with E-state index in [9.17, 15) is 18.8 Å². The number of ether oxygens (including phenoxy) is 3. The van der Waals surface area contributed by atoms with Crippen molar-refractivity contribution in [2.24, 2.45) is 5.73 Å². The molecule has 2 aromatic rings. The van der Waals surface area contributed by atoms with Crippen LogP contribution < -0.4 is 15.8 Å². The van der Waals surface area contributed by atoms with E-state index < -0.39 is 29.8 Å². The molecule has 3 rings (SSSR count). The molecule has 0 aromatic heterocycles. The van der Waals surface area contributed by atoms with Gasteiger partial charge in [0, 0.05) is 0 Å². The highest BCUT2D eigenvalue weighted by atomic mass is 19.1. The average molecular weight is 400 g/mol. The number of benzene rings is 2. The van der Waals surface area contributed by atoms with Crippen LogP contribution in [-0.4, -0.2) is 31.1 Å². The maximum Gasteiger partial charge on any atom is 0.419 e. The van der Waals surface area contributed by atoms with Gasteiger partial charge in [0.15, 0.2) is 17.3 Å². The van der Waals surface area contributed by atoms with E-state index in [1.54, 1.807) is 30.3 Å². The van der Waals surface area contributed by atoms with Gasteiger partial charge in [0.05, 0.1) is 7.11 Å². The number of esters is 1. The Morgan fingerprint density at radius 1 is 1.24 bits per heavy atom. The summed E-state index contributed by atoms with van der Waals surface area (Å²) in [4.78, 5) is 33.8. The minimum atomic E-state index is -0.881. The summed E-state index contributed by atoms with van der Waals surface area (Å²) >= 11 is 0. The number of halogens is 1. The fraction of sp³-hybridized carbons (Fsp3) is 0.150. The molecule has 2 amide bonds. The number of alkyl carbamates (subject to hydrolysis) is 1. The molecule has 29 heavy (non-hydrogen) atoms. The molecule has 8 nitrogen and oxygen atoms in total. The third-order valence-corrected chi connectivity index (χ3v) is 4.00. The van der Waals surface area contributed by atoms with Crippen molar-refractivity contribution >= 4 is 24.0 Å². The van der Waals surface area contributed by atoms with Crippen LogP contribution in [0.1, 0.15) is 11.1 Å². The summed E-state index contributed by atoms with van der Waals surface area (Å²) in [6, 6.07) is 9.77. The van der Waals surface area contributed by atoms with Gasteiger partial charge in [-0.15, -0.1) is 0 Å². The molecule has 150 valence electrons. The van der Waals surface area contributed by atoms with E-state index in [1.165, 1.54) is 25.3 Å². The van der Waals surface area contributed by atoms with Gasteiger partial charge in [-0.25, -0.2) is 9.18 Å². The molecule has 0 spiro atoms. The van der Waals surface area contributed by atoms with E-state index in [-0.39, 0.29) is 17.9 Å². The SMILES string of the molecule is COC(=O)C(N)Cc1ccc(Oc2ccc(/C=C3\OC(=O)NC3=O)cc2)c(F)c1. The number of rotatable bonds is 6. The first-order valence-corrected chi connectivity index (χ1v) is 8.50. The maximum atomic E-state index is 14.3. The zero-order chi connectivity index (χ0) is 21.0. The molecule has 1 atom stereocenters. The number of imide groups is 1. The van der Waals surface area contributed by atoms with E-state index in [0.29, 0.717) is 16.9 Å². The number of hydrogen-bond acceptors (Lipinski definition) is 7. The van der Waals surface area contributed by atoms with E-state index in [2.05, 4.69) is 4.74 Å². The molecule has 0 saturated carbocycles. The van der Waals surface area contributed by atoms with Crippen molar-refractivity contribution in [3.8, 4) is 11.5 Å². The van der Waals surface area contributed by atoms with Crippen molar-refractivity contribution in [1.82, 2.24) is 5.32 Å². The Morgan fingerprint density at radius 3 is 2.55 bits per heavy atom. The smallest absolute Gasteiger partial charge is 0.419 e. The second kappa shape index (κ2) is 8.53. The van der Waals surface area contributed by atoms with Gasteiger partial charge in [-0.2, -0.15) is 0 Å². The van der Waals surface area contributed by atoms with Crippen LogP contribution in [0.2, 0.25) is 0 Å². The average Bonchev–Trinajstić information content (AvgIpc) is 3.01. The Labute approximate surface area is 165 Å². The van der Waals surface area contributed by atoms with Gasteiger partial charge in [0.25, 0.3) is 5.91 Å². The van der Waals surface area contributed by atoms with Gasteiger partial charge >= 0.3 is 12.1 Å². The number of cyclic esters (lactones) is 1. The largest absolute Gasteiger partial charge is 0.468 e. The molecule has 1 heterocycles. The van der Waals surface area contributed by atoms with Crippen molar-refractivity contribution in [3.63, 3.8) is 0 Å². The quantitative estimate of drug-likeness (QED) is 0.564. The number of amides is 2. The van der Waals surface area contributed by atoms with E-state index in [4.69, 9.17) is 15.2 Å². The van der Waals surface area contributed by atoms with Crippen molar-refractivity contribution in [3.05, 3.63) is 65.2 Å². The second-order valence-corrected chi connectivity index (χ2v) is 6.12. The second-order valence-electron chi connectivity index (χ2n) is 6.12. The van der Waals surface area contributed by atoms with Crippen molar-refractivity contribution < 1.29 is 33.0 Å². The van der Waals surface area contributed by atoms with Crippen LogP contribution in [0.4, 0.5) is 9.18 Å². The molecule has 1 unspecified atom stereocenters. The summed E-state index contributed by atoms with van der Waals surface area (Å²) in [5.74, 6) is -1.57. The molecule has 0 radical (unpaired) electrons. The van der Waals surface area contributed by atoms with Crippen LogP contribution in [0.15, 0.2) is 48.2 Å². The number of nitrogens with one attached hydrogen (secondary N) is 1. The van der Waals surface area contributed by atoms with Gasteiger partial charge in [0.1, 0.15) is 11.8 Å². The Bertz CT molecular complexity index is 987. The molecule has 3 N–H and O–H groups in total. The number of nitrogens with two attached hydrogens (primary N) is 1. The lowest BCUT2D eigenvalue weighted by atomic mass is 10.1. The van der Waals surface area contributed by atoms with Gasteiger partial charge in [-0.1, -0.05) is 18.2 Å². The first kappa shape index (κ1) is 20.0. The first-order valence-electron chi connectivity index (χ1n) is 8.50. The Morgan fingerprint density at radius 2 is 1.97 bits per heavy atom. The van der Waals surface area contributed by atoms with Crippen molar-refractivity contribution in [1.29, 1.82) is 0 Å². The normalized spacial score (nSPS) is 15.6. The van der Waals surface area contributed by atoms with Crippen LogP contribution >= 0.6 is 0 Å². The lowest BCUT2D eigenvalue weighted by Gasteiger charge is -2.11. The third-order valence-electron chi connectivity index (χ3n) is 4.00. The lowest BCUT2D eigenvalue weighted by molar-refractivity contribution is -0.142. The Hall–Kier alpha value is -3.72. The summed E-state index contributed by atoms with van der Waals surface area (Å²) in [5.41, 5.74) is 6.79. The summed E-state index contributed by atoms with van der Waals surface area (Å²) in [5, 5.41) is 1.99. The van der Waals surface area contributed by atoms with E-state index >= 15 is 0 Å². The number of hydrogen-bond donors (Lipinski definition) is 2. The van der Waals surface area contributed by atoms with Gasteiger partial charge < -0.3 is 19.9 Å². The molecule has 1 saturated heterocycles. The number of carbonyl (C=O) groups excluding carboxylic acids is 3.